The van der Waals surface area contributed by atoms with E-state index in [0.717, 1.165) is 5.56 Å². The van der Waals surface area contributed by atoms with Crippen molar-refractivity contribution in [1.29, 1.82) is 0 Å². The molecule has 0 radical (unpaired) electrons. The molecule has 1 amide bonds. The SMILES string of the molecule is C[C@@H](Oc1nnc(-c2ccc(C(N)=O)cc2)n1C)c1nnn(-c2cccc(Cl)c2)n1. The highest BCUT2D eigenvalue weighted by atomic mass is 35.5. The summed E-state index contributed by atoms with van der Waals surface area (Å²) in [6.07, 6.45) is -0.522. The first kappa shape index (κ1) is 19.5. The van der Waals surface area contributed by atoms with Gasteiger partial charge in [0, 0.05) is 23.2 Å². The van der Waals surface area contributed by atoms with Crippen LogP contribution >= 0.6 is 11.6 Å². The van der Waals surface area contributed by atoms with Crippen LogP contribution in [-0.4, -0.2) is 40.9 Å². The average molecular weight is 425 g/mol. The minimum absolute atomic E-state index is 0.288. The monoisotopic (exact) mass is 424 g/mol. The maximum absolute atomic E-state index is 11.2. The smallest absolute Gasteiger partial charge is 0.317 e. The van der Waals surface area contributed by atoms with Crippen LogP contribution in [0, 0.1) is 0 Å². The molecule has 1 atom stereocenters. The summed E-state index contributed by atoms with van der Waals surface area (Å²) >= 11 is 6.01. The number of ether oxygens (including phenoxy) is 1. The summed E-state index contributed by atoms with van der Waals surface area (Å²) in [4.78, 5) is 12.6. The molecule has 0 aliphatic rings. The Balaban J connectivity index is 1.52. The van der Waals surface area contributed by atoms with Gasteiger partial charge in [-0.15, -0.1) is 20.1 Å². The van der Waals surface area contributed by atoms with Crippen molar-refractivity contribution in [3.05, 3.63) is 64.9 Å². The third-order valence-corrected chi connectivity index (χ3v) is 4.61. The van der Waals surface area contributed by atoms with Gasteiger partial charge < -0.3 is 10.5 Å². The fourth-order valence-corrected chi connectivity index (χ4v) is 2.95. The number of amides is 1. The molecular weight excluding hydrogens is 408 g/mol. The van der Waals surface area contributed by atoms with Crippen molar-refractivity contribution < 1.29 is 9.53 Å². The molecule has 2 N–H and O–H groups in total. The number of primary amides is 1. The first-order valence-corrected chi connectivity index (χ1v) is 9.32. The number of rotatable bonds is 6. The second kappa shape index (κ2) is 7.91. The van der Waals surface area contributed by atoms with E-state index in [-0.39, 0.29) is 6.01 Å². The quantitative estimate of drug-likeness (QED) is 0.503. The van der Waals surface area contributed by atoms with E-state index in [1.165, 1.54) is 4.80 Å². The molecule has 2 aromatic heterocycles. The van der Waals surface area contributed by atoms with E-state index < -0.39 is 12.0 Å². The highest BCUT2D eigenvalue weighted by Gasteiger charge is 2.19. The predicted molar refractivity (Wildman–Crippen MR) is 108 cm³/mol. The number of hydrogen-bond donors (Lipinski definition) is 1. The van der Waals surface area contributed by atoms with Gasteiger partial charge in [-0.1, -0.05) is 34.9 Å². The summed E-state index contributed by atoms with van der Waals surface area (Å²) in [5.41, 5.74) is 7.15. The average Bonchev–Trinajstić information content (AvgIpc) is 3.36. The lowest BCUT2D eigenvalue weighted by Gasteiger charge is -2.10. The van der Waals surface area contributed by atoms with Gasteiger partial charge in [-0.05, 0) is 42.5 Å². The van der Waals surface area contributed by atoms with Gasteiger partial charge in [-0.25, -0.2) is 0 Å². The van der Waals surface area contributed by atoms with E-state index in [1.54, 1.807) is 61.0 Å². The number of carbonyl (C=O) groups excluding carboxylic acids is 1. The zero-order valence-electron chi connectivity index (χ0n) is 16.1. The number of carbonyl (C=O) groups is 1. The van der Waals surface area contributed by atoms with Gasteiger partial charge in [0.25, 0.3) is 0 Å². The molecule has 2 aromatic carbocycles. The summed E-state index contributed by atoms with van der Waals surface area (Å²) in [6.45, 7) is 1.79. The van der Waals surface area contributed by atoms with E-state index in [1.807, 2.05) is 6.07 Å². The van der Waals surface area contributed by atoms with E-state index in [9.17, 15) is 4.79 Å². The first-order chi connectivity index (χ1) is 14.4. The normalized spacial score (nSPS) is 12.0. The molecule has 2 heterocycles. The second-order valence-corrected chi connectivity index (χ2v) is 6.92. The maximum atomic E-state index is 11.2. The van der Waals surface area contributed by atoms with Crippen molar-refractivity contribution in [2.45, 2.75) is 13.0 Å². The van der Waals surface area contributed by atoms with Gasteiger partial charge in [0.15, 0.2) is 11.9 Å². The summed E-state index contributed by atoms with van der Waals surface area (Å²) < 4.78 is 7.57. The maximum Gasteiger partial charge on any atom is 0.317 e. The van der Waals surface area contributed by atoms with Crippen LogP contribution in [0.25, 0.3) is 17.1 Å². The van der Waals surface area contributed by atoms with Gasteiger partial charge in [-0.3, -0.25) is 9.36 Å². The van der Waals surface area contributed by atoms with Crippen molar-refractivity contribution >= 4 is 17.5 Å². The molecule has 152 valence electrons. The molecule has 0 spiro atoms. The van der Waals surface area contributed by atoms with E-state index in [4.69, 9.17) is 22.1 Å². The lowest BCUT2D eigenvalue weighted by atomic mass is 10.1. The lowest BCUT2D eigenvalue weighted by molar-refractivity contribution is 0.100. The molecule has 0 bridgehead atoms. The molecule has 0 aliphatic carbocycles. The van der Waals surface area contributed by atoms with Crippen molar-refractivity contribution in [3.8, 4) is 23.1 Å². The third kappa shape index (κ3) is 3.85. The van der Waals surface area contributed by atoms with Gasteiger partial charge in [-0.2, -0.15) is 0 Å². The fourth-order valence-electron chi connectivity index (χ4n) is 2.76. The molecule has 30 heavy (non-hydrogen) atoms. The van der Waals surface area contributed by atoms with Gasteiger partial charge in [0.1, 0.15) is 0 Å². The predicted octanol–water partition coefficient (Wildman–Crippen LogP) is 2.35. The highest BCUT2D eigenvalue weighted by molar-refractivity contribution is 6.30. The third-order valence-electron chi connectivity index (χ3n) is 4.38. The van der Waals surface area contributed by atoms with E-state index in [2.05, 4.69) is 25.6 Å². The summed E-state index contributed by atoms with van der Waals surface area (Å²) in [7, 11) is 1.77. The molecule has 0 saturated carbocycles. The van der Waals surface area contributed by atoms with Gasteiger partial charge in [0.05, 0.1) is 5.69 Å². The Morgan fingerprint density at radius 2 is 1.90 bits per heavy atom. The summed E-state index contributed by atoms with van der Waals surface area (Å²) in [5.74, 6) is 0.463. The minimum atomic E-state index is -0.522. The summed E-state index contributed by atoms with van der Waals surface area (Å²) in [5, 5.41) is 21.3. The Labute approximate surface area is 176 Å². The molecule has 11 heteroatoms. The van der Waals surface area contributed by atoms with Crippen LogP contribution in [0.3, 0.4) is 0 Å². The first-order valence-electron chi connectivity index (χ1n) is 8.94. The largest absolute Gasteiger partial charge is 0.452 e. The van der Waals surface area contributed by atoms with Crippen molar-refractivity contribution in [3.63, 3.8) is 0 Å². The Hall–Kier alpha value is -3.79. The minimum Gasteiger partial charge on any atom is -0.452 e. The zero-order valence-corrected chi connectivity index (χ0v) is 16.9. The number of nitrogens with two attached hydrogens (primary N) is 1. The molecule has 0 unspecified atom stereocenters. The van der Waals surface area contributed by atoms with Crippen LogP contribution in [0.1, 0.15) is 29.2 Å². The molecule has 0 saturated heterocycles. The molecule has 10 nitrogen and oxygen atoms in total. The van der Waals surface area contributed by atoms with E-state index in [0.29, 0.717) is 27.9 Å². The van der Waals surface area contributed by atoms with Gasteiger partial charge >= 0.3 is 6.01 Å². The van der Waals surface area contributed by atoms with Crippen molar-refractivity contribution in [2.24, 2.45) is 12.8 Å². The molecule has 0 fully saturated rings. The lowest BCUT2D eigenvalue weighted by Crippen LogP contribution is -2.10. The number of halogens is 1. The molecule has 4 rings (SSSR count). The Bertz CT molecular complexity index is 1200. The number of aromatic nitrogens is 7. The summed E-state index contributed by atoms with van der Waals surface area (Å²) in [6, 6.07) is 14.2. The van der Waals surface area contributed by atoms with Crippen LogP contribution in [0.15, 0.2) is 48.5 Å². The molecular formula is C19H17ClN8O2. The van der Waals surface area contributed by atoms with Gasteiger partial charge in [0.2, 0.25) is 11.7 Å². The van der Waals surface area contributed by atoms with E-state index >= 15 is 0 Å². The van der Waals surface area contributed by atoms with Crippen LogP contribution in [0.5, 0.6) is 6.01 Å². The van der Waals surface area contributed by atoms with Crippen molar-refractivity contribution in [2.75, 3.05) is 0 Å². The van der Waals surface area contributed by atoms with Crippen LogP contribution in [-0.2, 0) is 7.05 Å². The van der Waals surface area contributed by atoms with Crippen LogP contribution in [0.2, 0.25) is 5.02 Å². The standard InChI is InChI=1S/C19H17ClN8O2/c1-11(17-22-26-28(25-17)15-5-3-4-14(20)10-15)30-19-24-23-18(27(19)2)13-8-6-12(7-9-13)16(21)29/h3-11H,1-2H3,(H2,21,29)/t11-/m1/s1. The number of nitrogens with zero attached hydrogens (tertiary/aromatic N) is 7. The fraction of sp³-hybridized carbons (Fsp3) is 0.158. The highest BCUT2D eigenvalue weighted by Crippen LogP contribution is 2.24. The second-order valence-electron chi connectivity index (χ2n) is 6.48. The number of tetrazole rings is 1. The molecule has 0 aliphatic heterocycles. The van der Waals surface area contributed by atoms with Crippen LogP contribution in [0.4, 0.5) is 0 Å². The Morgan fingerprint density at radius 3 is 2.60 bits per heavy atom. The Morgan fingerprint density at radius 1 is 1.13 bits per heavy atom. The topological polar surface area (TPSA) is 127 Å². The Kier molecular flexibility index (Phi) is 5.15. The molecule has 4 aromatic rings. The van der Waals surface area contributed by atoms with Crippen molar-refractivity contribution in [1.82, 2.24) is 35.0 Å². The number of hydrogen-bond acceptors (Lipinski definition) is 7. The zero-order chi connectivity index (χ0) is 21.3. The van der Waals surface area contributed by atoms with Crippen LogP contribution < -0.4 is 10.5 Å². The number of benzene rings is 2.